The lowest BCUT2D eigenvalue weighted by Gasteiger charge is -2.26. The molecule has 1 fully saturated rings. The van der Waals surface area contributed by atoms with Gasteiger partial charge in [-0.2, -0.15) is 10.4 Å². The Bertz CT molecular complexity index is 771. The highest BCUT2D eigenvalue weighted by molar-refractivity contribution is 6.34. The number of aliphatic hydroxyl groups is 3. The number of nitriles is 1. The van der Waals surface area contributed by atoms with Gasteiger partial charge in [-0.15, -0.1) is 0 Å². The van der Waals surface area contributed by atoms with Crippen LogP contribution in [-0.4, -0.2) is 59.5 Å². The number of halogens is 1. The van der Waals surface area contributed by atoms with Gasteiger partial charge in [-0.05, 0) is 6.92 Å². The third kappa shape index (κ3) is 1.97. The Morgan fingerprint density at radius 1 is 1.55 bits per heavy atom. The summed E-state index contributed by atoms with van der Waals surface area (Å²) < 4.78 is 6.63. The summed E-state index contributed by atoms with van der Waals surface area (Å²) in [6.07, 6.45) is -2.27. The molecule has 3 unspecified atom stereocenters. The van der Waals surface area contributed by atoms with Gasteiger partial charge in [-0.3, -0.25) is 0 Å². The minimum atomic E-state index is -1.74. The van der Waals surface area contributed by atoms with Crippen molar-refractivity contribution in [3.63, 3.8) is 0 Å². The maximum atomic E-state index is 10.5. The Morgan fingerprint density at radius 3 is 2.86 bits per heavy atom. The minimum Gasteiger partial charge on any atom is -0.394 e. The zero-order valence-electron chi connectivity index (χ0n) is 11.4. The molecule has 10 heteroatoms. The van der Waals surface area contributed by atoms with Gasteiger partial charge in [-0.25, -0.2) is 14.6 Å². The number of nitrogens with zero attached hydrogens (tertiary/aromatic N) is 5. The van der Waals surface area contributed by atoms with Crippen LogP contribution in [0.15, 0.2) is 6.33 Å². The molecular formula is C12H12ClN5O4. The van der Waals surface area contributed by atoms with Crippen LogP contribution in [-0.2, 0) is 4.74 Å². The van der Waals surface area contributed by atoms with Crippen molar-refractivity contribution < 1.29 is 20.1 Å². The van der Waals surface area contributed by atoms with Gasteiger partial charge in [-0.1, -0.05) is 11.6 Å². The van der Waals surface area contributed by atoms with Gasteiger partial charge < -0.3 is 20.1 Å². The SMILES string of the molecule is C[C@@]1(O)C(O)C(CO)OC1n1nc(C#N)c2c(Cl)ncnc21. The molecule has 9 nitrogen and oxygen atoms in total. The fourth-order valence-electron chi connectivity index (χ4n) is 2.53. The Labute approximate surface area is 129 Å². The first-order valence-electron chi connectivity index (χ1n) is 6.37. The first-order valence-corrected chi connectivity index (χ1v) is 6.75. The molecule has 4 atom stereocenters. The number of hydrogen-bond acceptors (Lipinski definition) is 8. The van der Waals surface area contributed by atoms with Gasteiger partial charge in [0.15, 0.2) is 17.6 Å². The highest BCUT2D eigenvalue weighted by Gasteiger charge is 2.53. The van der Waals surface area contributed by atoms with Crippen LogP contribution in [0.1, 0.15) is 18.8 Å². The van der Waals surface area contributed by atoms with Crippen molar-refractivity contribution in [2.24, 2.45) is 0 Å². The van der Waals surface area contributed by atoms with Crippen molar-refractivity contribution in [3.8, 4) is 6.07 Å². The fourth-order valence-corrected chi connectivity index (χ4v) is 2.75. The number of fused-ring (bicyclic) bond motifs is 1. The Kier molecular flexibility index (Phi) is 3.51. The van der Waals surface area contributed by atoms with Crippen molar-refractivity contribution >= 4 is 22.6 Å². The van der Waals surface area contributed by atoms with E-state index in [0.717, 1.165) is 0 Å². The standard InChI is InChI=1S/C12H12ClN5O4/c1-12(21)8(20)6(3-19)22-11(12)18-10-7(5(2-14)17-18)9(13)15-4-16-10/h4,6,8,11,19-21H,3H2,1H3/t6?,8?,11?,12-/m1/s1. The molecule has 0 aliphatic carbocycles. The lowest BCUT2D eigenvalue weighted by molar-refractivity contribution is -0.100. The average molecular weight is 326 g/mol. The lowest BCUT2D eigenvalue weighted by atomic mass is 9.97. The van der Waals surface area contributed by atoms with Gasteiger partial charge in [0.25, 0.3) is 0 Å². The lowest BCUT2D eigenvalue weighted by Crippen LogP contribution is -2.44. The molecule has 2 aromatic heterocycles. The second-order valence-corrected chi connectivity index (χ2v) is 5.51. The largest absolute Gasteiger partial charge is 0.394 e. The molecule has 3 heterocycles. The van der Waals surface area contributed by atoms with E-state index in [9.17, 15) is 15.3 Å². The predicted molar refractivity (Wildman–Crippen MR) is 72.7 cm³/mol. The molecule has 0 bridgehead atoms. The van der Waals surface area contributed by atoms with Gasteiger partial charge in [0.1, 0.15) is 35.4 Å². The van der Waals surface area contributed by atoms with Crippen LogP contribution in [0, 0.1) is 11.3 Å². The monoisotopic (exact) mass is 325 g/mol. The van der Waals surface area contributed by atoms with Gasteiger partial charge in [0, 0.05) is 0 Å². The van der Waals surface area contributed by atoms with E-state index in [1.165, 1.54) is 17.9 Å². The smallest absolute Gasteiger partial charge is 0.183 e. The number of ether oxygens (including phenoxy) is 1. The van der Waals surface area contributed by atoms with Crippen LogP contribution in [0.5, 0.6) is 0 Å². The van der Waals surface area contributed by atoms with Crippen LogP contribution in [0.25, 0.3) is 11.0 Å². The van der Waals surface area contributed by atoms with Gasteiger partial charge >= 0.3 is 0 Å². The molecule has 2 aromatic rings. The molecule has 3 N–H and O–H groups in total. The summed E-state index contributed by atoms with van der Waals surface area (Å²) in [4.78, 5) is 7.81. The summed E-state index contributed by atoms with van der Waals surface area (Å²) in [5.74, 6) is 0. The van der Waals surface area contributed by atoms with E-state index in [2.05, 4.69) is 15.1 Å². The van der Waals surface area contributed by atoms with Gasteiger partial charge in [0.2, 0.25) is 0 Å². The summed E-state index contributed by atoms with van der Waals surface area (Å²) >= 11 is 5.97. The first kappa shape index (κ1) is 15.1. The topological polar surface area (TPSA) is 137 Å². The molecule has 1 aliphatic rings. The maximum Gasteiger partial charge on any atom is 0.183 e. The normalized spacial score (nSPS) is 31.5. The molecule has 0 radical (unpaired) electrons. The second-order valence-electron chi connectivity index (χ2n) is 5.15. The maximum absolute atomic E-state index is 10.5. The third-order valence-corrected chi connectivity index (χ3v) is 3.99. The molecule has 1 aliphatic heterocycles. The molecule has 22 heavy (non-hydrogen) atoms. The quantitative estimate of drug-likeness (QED) is 0.619. The van der Waals surface area contributed by atoms with Gasteiger partial charge in [0.05, 0.1) is 12.0 Å². The Morgan fingerprint density at radius 2 is 2.27 bits per heavy atom. The van der Waals surface area contributed by atoms with E-state index in [0.29, 0.717) is 0 Å². The Balaban J connectivity index is 2.20. The fraction of sp³-hybridized carbons (Fsp3) is 0.500. The zero-order valence-corrected chi connectivity index (χ0v) is 12.1. The summed E-state index contributed by atoms with van der Waals surface area (Å²) in [7, 11) is 0. The summed E-state index contributed by atoms with van der Waals surface area (Å²) in [6.45, 7) is 0.869. The minimum absolute atomic E-state index is 0.0260. The van der Waals surface area contributed by atoms with Crippen LogP contribution in [0.4, 0.5) is 0 Å². The summed E-state index contributed by atoms with van der Waals surface area (Å²) in [5.41, 5.74) is -1.58. The van der Waals surface area contributed by atoms with Crippen molar-refractivity contribution in [3.05, 3.63) is 17.2 Å². The molecule has 0 spiro atoms. The molecule has 116 valence electrons. The predicted octanol–water partition coefficient (Wildman–Crippen LogP) is -0.647. The van der Waals surface area contributed by atoms with E-state index in [1.54, 1.807) is 0 Å². The summed E-state index contributed by atoms with van der Waals surface area (Å²) in [5, 5.41) is 43.2. The zero-order chi connectivity index (χ0) is 16.1. The molecule has 3 rings (SSSR count). The highest BCUT2D eigenvalue weighted by atomic mass is 35.5. The van der Waals surface area contributed by atoms with Crippen molar-refractivity contribution in [1.82, 2.24) is 19.7 Å². The highest BCUT2D eigenvalue weighted by Crippen LogP contribution is 2.39. The van der Waals surface area contributed by atoms with Crippen molar-refractivity contribution in [2.45, 2.75) is 31.0 Å². The number of aromatic nitrogens is 4. The van der Waals surface area contributed by atoms with Crippen molar-refractivity contribution in [1.29, 1.82) is 5.26 Å². The van der Waals surface area contributed by atoms with E-state index < -0.39 is 30.6 Å². The second kappa shape index (κ2) is 5.12. The van der Waals surface area contributed by atoms with Crippen LogP contribution < -0.4 is 0 Å². The molecule has 0 saturated carbocycles. The van der Waals surface area contributed by atoms with Crippen LogP contribution >= 0.6 is 11.6 Å². The number of aliphatic hydroxyl groups excluding tert-OH is 2. The molecule has 1 saturated heterocycles. The average Bonchev–Trinajstić information content (AvgIpc) is 2.97. The molecule has 0 amide bonds. The van der Waals surface area contributed by atoms with E-state index in [4.69, 9.17) is 21.6 Å². The van der Waals surface area contributed by atoms with E-state index >= 15 is 0 Å². The third-order valence-electron chi connectivity index (χ3n) is 3.71. The molecule has 0 aromatic carbocycles. The van der Waals surface area contributed by atoms with Crippen LogP contribution in [0.3, 0.4) is 0 Å². The molecular weight excluding hydrogens is 314 g/mol. The van der Waals surface area contributed by atoms with E-state index in [-0.39, 0.29) is 21.9 Å². The van der Waals surface area contributed by atoms with Crippen molar-refractivity contribution in [2.75, 3.05) is 6.61 Å². The Hall–Kier alpha value is -1.83. The van der Waals surface area contributed by atoms with Crippen LogP contribution in [0.2, 0.25) is 5.15 Å². The number of hydrogen-bond donors (Lipinski definition) is 3. The van der Waals surface area contributed by atoms with E-state index in [1.807, 2.05) is 6.07 Å². The summed E-state index contributed by atoms with van der Waals surface area (Å²) in [6, 6.07) is 1.87. The first-order chi connectivity index (χ1) is 10.4. The number of rotatable bonds is 2.